The molecule has 0 aliphatic carbocycles. The number of hydrogen-bond acceptors (Lipinski definition) is 21. The number of hydrogen-bond donors (Lipinski definition) is 14. The van der Waals surface area contributed by atoms with Gasteiger partial charge in [0.1, 0.15) is 97.7 Å². The van der Waals surface area contributed by atoms with Crippen molar-refractivity contribution in [2.24, 2.45) is 0 Å². The summed E-state index contributed by atoms with van der Waals surface area (Å²) in [6.45, 7) is -3.11. The smallest absolute Gasteiger partial charge is 0.187 e. The lowest BCUT2D eigenvalue weighted by Gasteiger charge is -2.48. The summed E-state index contributed by atoms with van der Waals surface area (Å²) in [5.41, 5.74) is 0. The molecule has 20 atom stereocenters. The fourth-order valence-electron chi connectivity index (χ4n) is 5.43. The van der Waals surface area contributed by atoms with Gasteiger partial charge in [0.25, 0.3) is 0 Å². The molecule has 0 bridgehead atoms. The summed E-state index contributed by atoms with van der Waals surface area (Å²) in [7, 11) is 0. The first kappa shape index (κ1) is 37.0. The summed E-state index contributed by atoms with van der Waals surface area (Å²) in [6, 6.07) is 0. The van der Waals surface area contributed by atoms with E-state index in [0.717, 1.165) is 0 Å². The topological polar surface area (TPSA) is 348 Å². The number of rotatable bonds is 10. The number of aliphatic hydroxyl groups excluding tert-OH is 14. The fraction of sp³-hybridized carbons (Fsp3) is 1.00. The van der Waals surface area contributed by atoms with Crippen LogP contribution in [0.5, 0.6) is 0 Å². The van der Waals surface area contributed by atoms with Crippen molar-refractivity contribution in [2.75, 3.05) is 26.4 Å². The molecule has 4 fully saturated rings. The molecule has 0 radical (unpaired) electrons. The first-order chi connectivity index (χ1) is 21.2. The zero-order valence-corrected chi connectivity index (χ0v) is 23.5. The van der Waals surface area contributed by atoms with E-state index in [0.29, 0.717) is 0 Å². The largest absolute Gasteiger partial charge is 0.394 e. The van der Waals surface area contributed by atoms with Crippen molar-refractivity contribution in [3.63, 3.8) is 0 Å². The SMILES string of the molecule is OC[C@H]1O[C@@H](O[C@H]2[C@H](O)[C@H](O)[C@H](O[C@@H]3[C@@H](O)[C@H](O)O[C@H](CO[C@@H]4O[C@H](CO)[C@@H](O)[C@H](O)[C@H]4O)[C@H]3O)O[C@@H]2CO)[C@@H](O)[C@@H](O)[C@@H]1O. The molecule has 14 N–H and O–H groups in total. The molecule has 21 nitrogen and oxygen atoms in total. The molecule has 0 amide bonds. The minimum Gasteiger partial charge on any atom is -0.394 e. The van der Waals surface area contributed by atoms with Crippen molar-refractivity contribution >= 4 is 0 Å². The van der Waals surface area contributed by atoms with Gasteiger partial charge in [-0.15, -0.1) is 0 Å². The van der Waals surface area contributed by atoms with E-state index >= 15 is 0 Å². The van der Waals surface area contributed by atoms with E-state index in [1.807, 2.05) is 0 Å². The zero-order valence-electron chi connectivity index (χ0n) is 23.5. The van der Waals surface area contributed by atoms with Crippen LogP contribution >= 0.6 is 0 Å². The maximum Gasteiger partial charge on any atom is 0.187 e. The van der Waals surface area contributed by atoms with Crippen LogP contribution in [0.25, 0.3) is 0 Å². The molecule has 0 spiro atoms. The van der Waals surface area contributed by atoms with Crippen LogP contribution in [0, 0.1) is 0 Å². The molecule has 4 heterocycles. The Hall–Kier alpha value is -0.840. The minimum absolute atomic E-state index is 0.682. The zero-order chi connectivity index (χ0) is 33.3. The summed E-state index contributed by atoms with van der Waals surface area (Å²) in [6.07, 6.45) is -35.1. The average Bonchev–Trinajstić information content (AvgIpc) is 3.03. The number of ether oxygens (including phenoxy) is 7. The van der Waals surface area contributed by atoms with Gasteiger partial charge in [0.2, 0.25) is 0 Å². The van der Waals surface area contributed by atoms with Crippen LogP contribution in [0.2, 0.25) is 0 Å². The molecule has 45 heavy (non-hydrogen) atoms. The van der Waals surface area contributed by atoms with Gasteiger partial charge in [-0.05, 0) is 0 Å². The Morgan fingerprint density at radius 1 is 0.378 bits per heavy atom. The Balaban J connectivity index is 1.41. The second-order valence-electron chi connectivity index (χ2n) is 11.2. The van der Waals surface area contributed by atoms with Crippen LogP contribution in [0.1, 0.15) is 0 Å². The summed E-state index contributed by atoms with van der Waals surface area (Å²) in [4.78, 5) is 0. The van der Waals surface area contributed by atoms with E-state index in [2.05, 4.69) is 0 Å². The molecule has 0 unspecified atom stereocenters. The highest BCUT2D eigenvalue weighted by Gasteiger charge is 2.54. The minimum atomic E-state index is -2.04. The van der Waals surface area contributed by atoms with Crippen LogP contribution in [-0.2, 0) is 33.2 Å². The third kappa shape index (κ3) is 7.59. The van der Waals surface area contributed by atoms with Gasteiger partial charge in [-0.2, -0.15) is 0 Å². The van der Waals surface area contributed by atoms with E-state index in [-0.39, 0.29) is 0 Å². The van der Waals surface area contributed by atoms with Crippen molar-refractivity contribution in [2.45, 2.75) is 123 Å². The Bertz CT molecular complexity index is 912. The molecule has 4 aliphatic rings. The van der Waals surface area contributed by atoms with Gasteiger partial charge >= 0.3 is 0 Å². The lowest BCUT2D eigenvalue weighted by Crippen LogP contribution is -2.66. The molecule has 0 aromatic carbocycles. The van der Waals surface area contributed by atoms with Crippen molar-refractivity contribution in [3.8, 4) is 0 Å². The van der Waals surface area contributed by atoms with Gasteiger partial charge < -0.3 is 105 Å². The predicted molar refractivity (Wildman–Crippen MR) is 134 cm³/mol. The summed E-state index contributed by atoms with van der Waals surface area (Å²) >= 11 is 0. The second-order valence-corrected chi connectivity index (χ2v) is 11.2. The second kappa shape index (κ2) is 15.6. The Labute approximate surface area is 254 Å². The van der Waals surface area contributed by atoms with Gasteiger partial charge in [-0.1, -0.05) is 0 Å². The van der Waals surface area contributed by atoms with Crippen LogP contribution in [0.4, 0.5) is 0 Å². The van der Waals surface area contributed by atoms with Crippen molar-refractivity contribution in [1.82, 2.24) is 0 Å². The third-order valence-corrected chi connectivity index (χ3v) is 8.19. The number of aliphatic hydroxyl groups is 14. The van der Waals surface area contributed by atoms with E-state index < -0.39 is 149 Å². The molecule has 264 valence electrons. The molecule has 0 aromatic heterocycles. The van der Waals surface area contributed by atoms with Crippen LogP contribution in [0.3, 0.4) is 0 Å². The predicted octanol–water partition coefficient (Wildman–Crippen LogP) is -9.75. The standard InChI is InChI=1S/C24H42O21/c25-1-5-9(28)12(31)15(34)22(41-5)39-4-8-11(30)20(18(37)21(38)40-8)45-24-17(36)14(33)19(7(3-27)43-24)44-23-16(35)13(32)10(29)6(2-26)42-23/h5-38H,1-4H2/t5-,6-,7-,8-,9-,10-,11-,12+,13+,14-,15-,16+,17+,18-,19-,20+,21-,22-,23+,24+/m1/s1. The van der Waals surface area contributed by atoms with E-state index in [9.17, 15) is 71.5 Å². The van der Waals surface area contributed by atoms with Gasteiger partial charge in [-0.3, -0.25) is 0 Å². The first-order valence-corrected chi connectivity index (χ1v) is 14.1. The summed E-state index contributed by atoms with van der Waals surface area (Å²) in [5.74, 6) is 0. The summed E-state index contributed by atoms with van der Waals surface area (Å²) in [5, 5.41) is 142. The van der Waals surface area contributed by atoms with Gasteiger partial charge in [-0.25, -0.2) is 0 Å². The van der Waals surface area contributed by atoms with Gasteiger partial charge in [0, 0.05) is 0 Å². The monoisotopic (exact) mass is 666 g/mol. The van der Waals surface area contributed by atoms with Crippen molar-refractivity contribution in [3.05, 3.63) is 0 Å². The van der Waals surface area contributed by atoms with Gasteiger partial charge in [0.05, 0.1) is 26.4 Å². The van der Waals surface area contributed by atoms with E-state index in [1.165, 1.54) is 0 Å². The lowest BCUT2D eigenvalue weighted by atomic mass is 9.96. The van der Waals surface area contributed by atoms with E-state index in [1.54, 1.807) is 0 Å². The maximum atomic E-state index is 10.9. The molecule has 4 aliphatic heterocycles. The molecule has 0 aromatic rings. The molecule has 4 rings (SSSR count). The average molecular weight is 667 g/mol. The molecule has 21 heteroatoms. The maximum absolute atomic E-state index is 10.9. The third-order valence-electron chi connectivity index (χ3n) is 8.19. The summed E-state index contributed by atoms with van der Waals surface area (Å²) < 4.78 is 37.4. The van der Waals surface area contributed by atoms with Crippen molar-refractivity contribution < 1.29 is 105 Å². The molecular formula is C24H42O21. The molecule has 4 saturated heterocycles. The Morgan fingerprint density at radius 3 is 1.36 bits per heavy atom. The lowest BCUT2D eigenvalue weighted by molar-refractivity contribution is -0.380. The first-order valence-electron chi connectivity index (χ1n) is 14.1. The van der Waals surface area contributed by atoms with Gasteiger partial charge in [0.15, 0.2) is 25.2 Å². The highest BCUT2D eigenvalue weighted by Crippen LogP contribution is 2.32. The van der Waals surface area contributed by atoms with Crippen LogP contribution < -0.4 is 0 Å². The Morgan fingerprint density at radius 2 is 0.822 bits per heavy atom. The molecular weight excluding hydrogens is 624 g/mol. The highest BCUT2D eigenvalue weighted by atomic mass is 16.8. The van der Waals surface area contributed by atoms with Crippen LogP contribution in [-0.4, -0.2) is 221 Å². The quantitative estimate of drug-likeness (QED) is 0.103. The molecule has 0 saturated carbocycles. The Kier molecular flexibility index (Phi) is 12.8. The van der Waals surface area contributed by atoms with E-state index in [4.69, 9.17) is 33.2 Å². The normalized spacial score (nSPS) is 52.9. The van der Waals surface area contributed by atoms with Crippen LogP contribution in [0.15, 0.2) is 0 Å². The fourth-order valence-corrected chi connectivity index (χ4v) is 5.43. The van der Waals surface area contributed by atoms with Crippen molar-refractivity contribution in [1.29, 1.82) is 0 Å². The highest BCUT2D eigenvalue weighted by molar-refractivity contribution is 4.96.